The largest absolute Gasteiger partial charge is 0.419 e. The van der Waals surface area contributed by atoms with Gasteiger partial charge in [-0.1, -0.05) is 54.1 Å². The van der Waals surface area contributed by atoms with E-state index in [1.807, 2.05) is 43.0 Å². The molecule has 2 heterocycles. The molecule has 1 aromatic heterocycles. The smallest absolute Gasteiger partial charge is 0.249 e. The average molecular weight is 453 g/mol. The van der Waals surface area contributed by atoms with Gasteiger partial charge >= 0.3 is 0 Å². The molecule has 0 saturated carbocycles. The van der Waals surface area contributed by atoms with Gasteiger partial charge in [0.15, 0.2) is 0 Å². The van der Waals surface area contributed by atoms with E-state index in [0.29, 0.717) is 28.9 Å². The van der Waals surface area contributed by atoms with Crippen molar-refractivity contribution in [2.45, 2.75) is 45.8 Å². The monoisotopic (exact) mass is 452 g/mol. The van der Waals surface area contributed by atoms with Gasteiger partial charge in [0.1, 0.15) is 0 Å². The first-order valence-electron chi connectivity index (χ1n) is 11.2. The summed E-state index contributed by atoms with van der Waals surface area (Å²) in [6.07, 6.45) is 1.93. The third kappa shape index (κ3) is 5.37. The van der Waals surface area contributed by atoms with Crippen LogP contribution < -0.4 is 0 Å². The van der Waals surface area contributed by atoms with Gasteiger partial charge in [-0.05, 0) is 50.9 Å². The number of piperidine rings is 1. The molecule has 32 heavy (non-hydrogen) atoms. The number of benzene rings is 2. The molecule has 4 rings (SSSR count). The molecule has 0 N–H and O–H groups in total. The third-order valence-electron chi connectivity index (χ3n) is 5.89. The summed E-state index contributed by atoms with van der Waals surface area (Å²) < 4.78 is 5.86. The summed E-state index contributed by atoms with van der Waals surface area (Å²) >= 11 is 6.25. The summed E-state index contributed by atoms with van der Waals surface area (Å²) in [5.41, 5.74) is 1.97. The molecule has 1 aliphatic heterocycles. The summed E-state index contributed by atoms with van der Waals surface area (Å²) in [7, 11) is 0. The average Bonchev–Trinajstić information content (AvgIpc) is 3.26. The minimum atomic E-state index is -0.0270. The molecule has 0 spiro atoms. The van der Waals surface area contributed by atoms with Gasteiger partial charge in [0.05, 0.1) is 23.0 Å². The highest BCUT2D eigenvalue weighted by atomic mass is 35.5. The number of hydrogen-bond acceptors (Lipinski definition) is 5. The first kappa shape index (κ1) is 22.5. The predicted octanol–water partition coefficient (Wildman–Crippen LogP) is 5.04. The summed E-state index contributed by atoms with van der Waals surface area (Å²) in [4.78, 5) is 17.7. The Morgan fingerprint density at radius 3 is 2.66 bits per heavy atom. The fourth-order valence-electron chi connectivity index (χ4n) is 4.20. The van der Waals surface area contributed by atoms with E-state index in [4.69, 9.17) is 16.0 Å². The van der Waals surface area contributed by atoms with Crippen molar-refractivity contribution in [3.63, 3.8) is 0 Å². The van der Waals surface area contributed by atoms with Gasteiger partial charge in [-0.2, -0.15) is 0 Å². The maximum absolute atomic E-state index is 13.5. The zero-order valence-corrected chi connectivity index (χ0v) is 19.3. The highest BCUT2D eigenvalue weighted by Gasteiger charge is 2.31. The Morgan fingerprint density at radius 1 is 1.16 bits per heavy atom. The van der Waals surface area contributed by atoms with Crippen LogP contribution in [0, 0.1) is 5.92 Å². The molecule has 2 aromatic carbocycles. The molecule has 0 aliphatic carbocycles. The van der Waals surface area contributed by atoms with E-state index >= 15 is 0 Å². The molecule has 3 aromatic rings. The van der Waals surface area contributed by atoms with E-state index in [-0.39, 0.29) is 17.9 Å². The molecule has 1 aliphatic rings. The Balaban J connectivity index is 1.43. The lowest BCUT2D eigenvalue weighted by molar-refractivity contribution is -0.140. The number of carbonyl (C=O) groups is 1. The molecular weight excluding hydrogens is 424 g/mol. The van der Waals surface area contributed by atoms with Crippen LogP contribution in [-0.4, -0.2) is 45.0 Å². The Morgan fingerprint density at radius 2 is 1.91 bits per heavy atom. The molecule has 1 atom stereocenters. The molecule has 6 nitrogen and oxygen atoms in total. The van der Waals surface area contributed by atoms with Crippen molar-refractivity contribution in [2.24, 2.45) is 5.92 Å². The zero-order chi connectivity index (χ0) is 22.5. The maximum Gasteiger partial charge on any atom is 0.249 e. The number of carbonyl (C=O) groups excluding carboxylic acids is 1. The van der Waals surface area contributed by atoms with Gasteiger partial charge in [-0.25, -0.2) is 0 Å². The quantitative estimate of drug-likeness (QED) is 0.502. The number of nitrogens with zero attached hydrogens (tertiary/aromatic N) is 4. The minimum Gasteiger partial charge on any atom is -0.419 e. The fourth-order valence-corrected chi connectivity index (χ4v) is 4.42. The van der Waals surface area contributed by atoms with E-state index in [2.05, 4.69) is 39.4 Å². The second-order valence-electron chi connectivity index (χ2n) is 8.60. The van der Waals surface area contributed by atoms with Crippen LogP contribution >= 0.6 is 11.6 Å². The van der Waals surface area contributed by atoms with Crippen LogP contribution in [0.5, 0.6) is 0 Å². The van der Waals surface area contributed by atoms with Crippen LogP contribution in [0.4, 0.5) is 0 Å². The van der Waals surface area contributed by atoms with Gasteiger partial charge < -0.3 is 9.32 Å². The standard InChI is InChI=1S/C25H29ClN4O2/c1-18(2)30(17-23-27-28-24(32-23)21-12-6-7-13-22(21)26)25(31)20-11-8-14-29(16-20)15-19-9-4-3-5-10-19/h3-7,9-10,12-13,18,20H,8,11,14-17H2,1-2H3. The molecule has 1 fully saturated rings. The second-order valence-corrected chi connectivity index (χ2v) is 9.01. The highest BCUT2D eigenvalue weighted by molar-refractivity contribution is 6.33. The Kier molecular flexibility index (Phi) is 7.22. The van der Waals surface area contributed by atoms with Crippen LogP contribution in [0.15, 0.2) is 59.0 Å². The fraction of sp³-hybridized carbons (Fsp3) is 0.400. The number of likely N-dealkylation sites (tertiary alicyclic amines) is 1. The van der Waals surface area contributed by atoms with Gasteiger partial charge in [-0.15, -0.1) is 10.2 Å². The van der Waals surface area contributed by atoms with E-state index in [9.17, 15) is 4.79 Å². The Hall–Kier alpha value is -2.70. The Labute approximate surface area is 194 Å². The summed E-state index contributed by atoms with van der Waals surface area (Å²) in [6.45, 7) is 7.00. The van der Waals surface area contributed by atoms with Gasteiger partial charge in [-0.3, -0.25) is 9.69 Å². The summed E-state index contributed by atoms with van der Waals surface area (Å²) in [5, 5.41) is 8.87. The van der Waals surface area contributed by atoms with Crippen molar-refractivity contribution in [1.82, 2.24) is 20.0 Å². The summed E-state index contributed by atoms with van der Waals surface area (Å²) in [5.74, 6) is 0.906. The Bertz CT molecular complexity index is 1040. The first-order valence-corrected chi connectivity index (χ1v) is 11.5. The number of rotatable bonds is 7. The molecule has 1 saturated heterocycles. The molecule has 0 bridgehead atoms. The van der Waals surface area contributed by atoms with E-state index in [1.54, 1.807) is 6.07 Å². The lowest BCUT2D eigenvalue weighted by Crippen LogP contribution is -2.46. The lowest BCUT2D eigenvalue weighted by Gasteiger charge is -2.36. The normalized spacial score (nSPS) is 16.9. The molecule has 168 valence electrons. The van der Waals surface area contributed by atoms with Crippen LogP contribution in [0.3, 0.4) is 0 Å². The summed E-state index contributed by atoms with van der Waals surface area (Å²) in [6, 6.07) is 17.8. The van der Waals surface area contributed by atoms with Crippen molar-refractivity contribution in [1.29, 1.82) is 0 Å². The van der Waals surface area contributed by atoms with Crippen molar-refractivity contribution in [3.8, 4) is 11.5 Å². The van der Waals surface area contributed by atoms with E-state index < -0.39 is 0 Å². The number of halogens is 1. The highest BCUT2D eigenvalue weighted by Crippen LogP contribution is 2.27. The van der Waals surface area contributed by atoms with Crippen LogP contribution in [0.2, 0.25) is 5.02 Å². The minimum absolute atomic E-state index is 0.0270. The molecule has 1 unspecified atom stereocenters. The zero-order valence-electron chi connectivity index (χ0n) is 18.6. The third-order valence-corrected chi connectivity index (χ3v) is 6.22. The predicted molar refractivity (Wildman–Crippen MR) is 125 cm³/mol. The molecule has 7 heteroatoms. The van der Waals surface area contributed by atoms with Gasteiger partial charge in [0.25, 0.3) is 0 Å². The second kappa shape index (κ2) is 10.3. The number of hydrogen-bond donors (Lipinski definition) is 0. The van der Waals surface area contributed by atoms with Crippen molar-refractivity contribution in [2.75, 3.05) is 13.1 Å². The SMILES string of the molecule is CC(C)N(Cc1nnc(-c2ccccc2Cl)o1)C(=O)C1CCCN(Cc2ccccc2)C1. The van der Waals surface area contributed by atoms with Crippen LogP contribution in [0.1, 0.15) is 38.1 Å². The van der Waals surface area contributed by atoms with Crippen LogP contribution in [-0.2, 0) is 17.9 Å². The molecular formula is C25H29ClN4O2. The number of amides is 1. The van der Waals surface area contributed by atoms with E-state index in [1.165, 1.54) is 5.56 Å². The van der Waals surface area contributed by atoms with Crippen molar-refractivity contribution < 1.29 is 9.21 Å². The maximum atomic E-state index is 13.5. The lowest BCUT2D eigenvalue weighted by atomic mass is 9.95. The van der Waals surface area contributed by atoms with Gasteiger partial charge in [0.2, 0.25) is 17.7 Å². The topological polar surface area (TPSA) is 62.5 Å². The van der Waals surface area contributed by atoms with E-state index in [0.717, 1.165) is 32.5 Å². The first-order chi connectivity index (χ1) is 15.5. The number of aromatic nitrogens is 2. The van der Waals surface area contributed by atoms with Crippen molar-refractivity contribution >= 4 is 17.5 Å². The van der Waals surface area contributed by atoms with Gasteiger partial charge in [0, 0.05) is 19.1 Å². The molecule has 0 radical (unpaired) electrons. The molecule has 1 amide bonds. The van der Waals surface area contributed by atoms with Crippen molar-refractivity contribution in [3.05, 3.63) is 71.1 Å². The van der Waals surface area contributed by atoms with Crippen LogP contribution in [0.25, 0.3) is 11.5 Å².